The summed E-state index contributed by atoms with van der Waals surface area (Å²) in [6, 6.07) is 5.90. The molecule has 0 saturated carbocycles. The van der Waals surface area contributed by atoms with Crippen LogP contribution in [0.3, 0.4) is 0 Å². The Kier molecular flexibility index (Phi) is 4.67. The summed E-state index contributed by atoms with van der Waals surface area (Å²) >= 11 is 11.7. The molecule has 2 aromatic rings. The lowest BCUT2D eigenvalue weighted by Gasteiger charge is -2.09. The average Bonchev–Trinajstić information content (AvgIpc) is 2.92. The van der Waals surface area contributed by atoms with Gasteiger partial charge >= 0.3 is 5.97 Å². The molecule has 0 saturated heterocycles. The number of amides is 1. The standard InChI is InChI=1S/C14H9Cl2NO4/c15-8-6-10(14(19)20)13(11(16)7-8)17-12(18)4-3-9-2-1-5-21-9/h1-7H,(H,17,18)(H,19,20). The van der Waals surface area contributed by atoms with Crippen LogP contribution < -0.4 is 5.32 Å². The predicted molar refractivity (Wildman–Crippen MR) is 79.8 cm³/mol. The Hall–Kier alpha value is -2.24. The van der Waals surface area contributed by atoms with E-state index in [9.17, 15) is 9.59 Å². The summed E-state index contributed by atoms with van der Waals surface area (Å²) in [6.07, 6.45) is 4.12. The molecule has 5 nitrogen and oxygen atoms in total. The van der Waals surface area contributed by atoms with E-state index in [1.807, 2.05) is 0 Å². The second-order valence-corrected chi connectivity index (χ2v) is 4.80. The monoisotopic (exact) mass is 325 g/mol. The maximum Gasteiger partial charge on any atom is 0.337 e. The highest BCUT2D eigenvalue weighted by atomic mass is 35.5. The number of nitrogens with one attached hydrogen (secondary N) is 1. The van der Waals surface area contributed by atoms with Gasteiger partial charge in [-0.25, -0.2) is 4.79 Å². The molecule has 1 heterocycles. The molecule has 2 N–H and O–H groups in total. The van der Waals surface area contributed by atoms with Gasteiger partial charge in [-0.1, -0.05) is 23.2 Å². The first-order valence-corrected chi connectivity index (χ1v) is 6.48. The van der Waals surface area contributed by atoms with Gasteiger partial charge in [-0.15, -0.1) is 0 Å². The van der Waals surface area contributed by atoms with Gasteiger partial charge in [0.2, 0.25) is 5.91 Å². The molecule has 108 valence electrons. The molecule has 0 aliphatic carbocycles. The fourth-order valence-electron chi connectivity index (χ4n) is 1.58. The zero-order valence-corrected chi connectivity index (χ0v) is 12.0. The zero-order chi connectivity index (χ0) is 15.4. The molecular formula is C14H9Cl2NO4. The molecule has 0 fully saturated rings. The van der Waals surface area contributed by atoms with E-state index >= 15 is 0 Å². The number of benzene rings is 1. The third-order valence-corrected chi connectivity index (χ3v) is 2.99. The van der Waals surface area contributed by atoms with Crippen LogP contribution in [0.4, 0.5) is 5.69 Å². The van der Waals surface area contributed by atoms with Crippen molar-refractivity contribution in [1.29, 1.82) is 0 Å². The Labute approximate surface area is 129 Å². The Morgan fingerprint density at radius 2 is 2.05 bits per heavy atom. The van der Waals surface area contributed by atoms with Crippen molar-refractivity contribution in [2.75, 3.05) is 5.32 Å². The normalized spacial score (nSPS) is 10.8. The lowest BCUT2D eigenvalue weighted by molar-refractivity contribution is -0.111. The summed E-state index contributed by atoms with van der Waals surface area (Å²) in [5.41, 5.74) is -0.199. The van der Waals surface area contributed by atoms with Gasteiger partial charge in [0, 0.05) is 11.1 Å². The number of halogens is 2. The summed E-state index contributed by atoms with van der Waals surface area (Å²) in [5.74, 6) is -1.30. The molecule has 21 heavy (non-hydrogen) atoms. The number of anilines is 1. The smallest absolute Gasteiger partial charge is 0.337 e. The highest BCUT2D eigenvalue weighted by Crippen LogP contribution is 2.30. The molecule has 0 spiro atoms. The molecule has 0 bridgehead atoms. The number of carbonyl (C=O) groups is 2. The van der Waals surface area contributed by atoms with E-state index in [0.29, 0.717) is 5.76 Å². The molecule has 0 atom stereocenters. The van der Waals surface area contributed by atoms with Gasteiger partial charge in [0.1, 0.15) is 5.76 Å². The fraction of sp³-hybridized carbons (Fsp3) is 0. The number of carboxylic acids is 1. The van der Waals surface area contributed by atoms with Crippen LogP contribution in [0.15, 0.2) is 41.0 Å². The second-order valence-electron chi connectivity index (χ2n) is 3.95. The predicted octanol–water partition coefficient (Wildman–Crippen LogP) is 3.94. The minimum absolute atomic E-state index is 0.0114. The number of rotatable bonds is 4. The third-order valence-electron chi connectivity index (χ3n) is 2.48. The first-order valence-electron chi connectivity index (χ1n) is 5.72. The van der Waals surface area contributed by atoms with Gasteiger partial charge < -0.3 is 14.8 Å². The zero-order valence-electron chi connectivity index (χ0n) is 10.5. The van der Waals surface area contributed by atoms with E-state index in [2.05, 4.69) is 5.32 Å². The molecule has 0 aliphatic rings. The average molecular weight is 326 g/mol. The van der Waals surface area contributed by atoms with Crippen LogP contribution in [0.2, 0.25) is 10.0 Å². The first kappa shape index (κ1) is 15.2. The maximum atomic E-state index is 11.8. The largest absolute Gasteiger partial charge is 0.478 e. The molecule has 1 amide bonds. The van der Waals surface area contributed by atoms with Crippen LogP contribution in [-0.4, -0.2) is 17.0 Å². The topological polar surface area (TPSA) is 79.5 Å². The highest BCUT2D eigenvalue weighted by molar-refractivity contribution is 6.38. The number of carbonyl (C=O) groups excluding carboxylic acids is 1. The minimum Gasteiger partial charge on any atom is -0.478 e. The number of aromatic carboxylic acids is 1. The van der Waals surface area contributed by atoms with Gasteiger partial charge in [0.15, 0.2) is 0 Å². The molecule has 1 aromatic heterocycles. The SMILES string of the molecule is O=C(C=Cc1ccco1)Nc1c(Cl)cc(Cl)cc1C(=O)O. The van der Waals surface area contributed by atoms with Crippen LogP contribution >= 0.6 is 23.2 Å². The van der Waals surface area contributed by atoms with Crippen molar-refractivity contribution >= 4 is 46.8 Å². The number of hydrogen-bond acceptors (Lipinski definition) is 3. The Balaban J connectivity index is 2.23. The summed E-state index contributed by atoms with van der Waals surface area (Å²) in [5, 5.41) is 11.7. The van der Waals surface area contributed by atoms with Crippen molar-refractivity contribution in [3.8, 4) is 0 Å². The van der Waals surface area contributed by atoms with Crippen LogP contribution in [0.25, 0.3) is 6.08 Å². The van der Waals surface area contributed by atoms with Crippen molar-refractivity contribution < 1.29 is 19.1 Å². The second kappa shape index (κ2) is 6.47. The quantitative estimate of drug-likeness (QED) is 0.834. The number of hydrogen-bond donors (Lipinski definition) is 2. The minimum atomic E-state index is -1.25. The summed E-state index contributed by atoms with van der Waals surface area (Å²) in [7, 11) is 0. The Morgan fingerprint density at radius 1 is 1.29 bits per heavy atom. The summed E-state index contributed by atoms with van der Waals surface area (Å²) < 4.78 is 5.03. The van der Waals surface area contributed by atoms with E-state index < -0.39 is 11.9 Å². The lowest BCUT2D eigenvalue weighted by Crippen LogP contribution is -2.12. The molecule has 7 heteroatoms. The van der Waals surface area contributed by atoms with Crippen LogP contribution in [0.1, 0.15) is 16.1 Å². The van der Waals surface area contributed by atoms with Gasteiger partial charge in [-0.3, -0.25) is 4.79 Å². The van der Waals surface area contributed by atoms with E-state index in [-0.39, 0.29) is 21.3 Å². The first-order chi connectivity index (χ1) is 9.97. The van der Waals surface area contributed by atoms with Gasteiger partial charge in [0.25, 0.3) is 0 Å². The van der Waals surface area contributed by atoms with Crippen LogP contribution in [-0.2, 0) is 4.79 Å². The van der Waals surface area contributed by atoms with Crippen LogP contribution in [0, 0.1) is 0 Å². The number of furan rings is 1. The molecule has 1 aromatic carbocycles. The third kappa shape index (κ3) is 3.87. The van der Waals surface area contributed by atoms with Gasteiger partial charge in [-0.05, 0) is 30.3 Å². The molecule has 0 aliphatic heterocycles. The molecule has 0 unspecified atom stereocenters. The molecular weight excluding hydrogens is 317 g/mol. The Morgan fingerprint density at radius 3 is 2.67 bits per heavy atom. The van der Waals surface area contributed by atoms with Gasteiger partial charge in [0.05, 0.1) is 22.5 Å². The van der Waals surface area contributed by atoms with Crippen molar-refractivity contribution in [1.82, 2.24) is 0 Å². The van der Waals surface area contributed by atoms with Gasteiger partial charge in [-0.2, -0.15) is 0 Å². The molecule has 0 radical (unpaired) electrons. The van der Waals surface area contributed by atoms with Crippen LogP contribution in [0.5, 0.6) is 0 Å². The van der Waals surface area contributed by atoms with E-state index in [0.717, 1.165) is 0 Å². The summed E-state index contributed by atoms with van der Waals surface area (Å²) in [6.45, 7) is 0. The van der Waals surface area contributed by atoms with Crippen molar-refractivity contribution in [2.24, 2.45) is 0 Å². The molecule has 2 rings (SSSR count). The van der Waals surface area contributed by atoms with Crippen molar-refractivity contribution in [3.05, 3.63) is 58.0 Å². The van der Waals surface area contributed by atoms with E-state index in [4.69, 9.17) is 32.7 Å². The van der Waals surface area contributed by atoms with E-state index in [1.165, 1.54) is 30.5 Å². The Bertz CT molecular complexity index is 708. The maximum absolute atomic E-state index is 11.8. The lowest BCUT2D eigenvalue weighted by atomic mass is 10.1. The van der Waals surface area contributed by atoms with Crippen molar-refractivity contribution in [2.45, 2.75) is 0 Å². The van der Waals surface area contributed by atoms with Crippen molar-refractivity contribution in [3.63, 3.8) is 0 Å². The number of carboxylic acid groups (broad SMARTS) is 1. The fourth-order valence-corrected chi connectivity index (χ4v) is 2.12. The van der Waals surface area contributed by atoms with E-state index in [1.54, 1.807) is 12.1 Å². The highest BCUT2D eigenvalue weighted by Gasteiger charge is 2.16. The summed E-state index contributed by atoms with van der Waals surface area (Å²) in [4.78, 5) is 22.9.